The molecule has 0 spiro atoms. The van der Waals surface area contributed by atoms with Gasteiger partial charge in [0.2, 0.25) is 10.0 Å². The Balaban J connectivity index is 0.00000288. The minimum Gasteiger partial charge on any atom is -0.495 e. The van der Waals surface area contributed by atoms with E-state index in [-0.39, 0.29) is 34.5 Å². The highest BCUT2D eigenvalue weighted by atomic mass is 35.5. The molecule has 138 valence electrons. The van der Waals surface area contributed by atoms with Crippen LogP contribution in [0.2, 0.25) is 0 Å². The van der Waals surface area contributed by atoms with Crippen molar-refractivity contribution in [3.05, 3.63) is 18.2 Å². The predicted octanol–water partition coefficient (Wildman–Crippen LogP) is 0.941. The van der Waals surface area contributed by atoms with Crippen LogP contribution in [0.25, 0.3) is 0 Å². The fourth-order valence-corrected chi connectivity index (χ4v) is 4.51. The highest BCUT2D eigenvalue weighted by Gasteiger charge is 2.23. The first-order valence-corrected chi connectivity index (χ1v) is 10.7. The zero-order chi connectivity index (χ0) is 17.1. The average molecular weight is 399 g/mol. The van der Waals surface area contributed by atoms with Crippen molar-refractivity contribution in [1.82, 2.24) is 10.0 Å². The number of nitrogens with one attached hydrogen (secondary N) is 2. The van der Waals surface area contributed by atoms with Crippen LogP contribution in [0.5, 0.6) is 5.75 Å². The molecule has 1 aliphatic heterocycles. The molecule has 0 aromatic heterocycles. The zero-order valence-electron chi connectivity index (χ0n) is 13.6. The lowest BCUT2D eigenvalue weighted by molar-refractivity contribution is 0.401. The first-order chi connectivity index (χ1) is 10.7. The van der Waals surface area contributed by atoms with Gasteiger partial charge in [0.1, 0.15) is 10.6 Å². The quantitative estimate of drug-likeness (QED) is 0.708. The van der Waals surface area contributed by atoms with E-state index in [2.05, 4.69) is 10.0 Å². The Morgan fingerprint density at radius 1 is 1.29 bits per heavy atom. The molecule has 2 N–H and O–H groups in total. The van der Waals surface area contributed by atoms with Crippen molar-refractivity contribution in [3.63, 3.8) is 0 Å². The lowest BCUT2D eigenvalue weighted by Gasteiger charge is -2.14. The summed E-state index contributed by atoms with van der Waals surface area (Å²) >= 11 is 0. The maximum atomic E-state index is 12.5. The van der Waals surface area contributed by atoms with Gasteiger partial charge < -0.3 is 10.1 Å². The van der Waals surface area contributed by atoms with Crippen LogP contribution < -0.4 is 14.8 Å². The Kier molecular flexibility index (Phi) is 7.48. The summed E-state index contributed by atoms with van der Waals surface area (Å²) in [6, 6.07) is 4.13. The molecule has 1 aliphatic rings. The molecule has 1 atom stereocenters. The van der Waals surface area contributed by atoms with Crippen LogP contribution in [-0.2, 0) is 19.9 Å². The first kappa shape index (κ1) is 21.2. The predicted molar refractivity (Wildman–Crippen MR) is 94.2 cm³/mol. The molecule has 2 rings (SSSR count). The van der Waals surface area contributed by atoms with Gasteiger partial charge in [-0.15, -0.1) is 12.4 Å². The van der Waals surface area contributed by atoms with Crippen molar-refractivity contribution in [3.8, 4) is 5.75 Å². The van der Waals surface area contributed by atoms with Crippen LogP contribution >= 0.6 is 12.4 Å². The summed E-state index contributed by atoms with van der Waals surface area (Å²) in [6.07, 6.45) is 3.86. The molecule has 1 aromatic carbocycles. The van der Waals surface area contributed by atoms with Crippen molar-refractivity contribution >= 4 is 32.3 Å². The van der Waals surface area contributed by atoms with Crippen LogP contribution in [-0.4, -0.2) is 49.3 Å². The molecule has 24 heavy (non-hydrogen) atoms. The van der Waals surface area contributed by atoms with E-state index in [0.29, 0.717) is 12.5 Å². The Hall–Kier alpha value is -0.870. The number of sulfonamides is 1. The second-order valence-corrected chi connectivity index (χ2v) is 9.32. The van der Waals surface area contributed by atoms with Gasteiger partial charge >= 0.3 is 0 Å². The van der Waals surface area contributed by atoms with E-state index in [1.165, 1.54) is 19.2 Å². The van der Waals surface area contributed by atoms with E-state index in [1.807, 2.05) is 0 Å². The molecule has 1 fully saturated rings. The van der Waals surface area contributed by atoms with Crippen LogP contribution in [0.15, 0.2) is 28.0 Å². The first-order valence-electron chi connectivity index (χ1n) is 7.35. The topological polar surface area (TPSA) is 102 Å². The van der Waals surface area contributed by atoms with Crippen LogP contribution in [0.3, 0.4) is 0 Å². The maximum Gasteiger partial charge on any atom is 0.244 e. The van der Waals surface area contributed by atoms with Crippen molar-refractivity contribution < 1.29 is 21.6 Å². The van der Waals surface area contributed by atoms with Crippen LogP contribution in [0.4, 0.5) is 0 Å². The molecule has 0 bridgehead atoms. The molecule has 0 amide bonds. The number of benzene rings is 1. The van der Waals surface area contributed by atoms with E-state index in [0.717, 1.165) is 31.7 Å². The van der Waals surface area contributed by atoms with E-state index in [1.54, 1.807) is 0 Å². The molecule has 0 saturated carbocycles. The Morgan fingerprint density at radius 2 is 2.00 bits per heavy atom. The van der Waals surface area contributed by atoms with E-state index in [4.69, 9.17) is 4.74 Å². The SMILES string of the molecule is COc1ccc(S(C)(=O)=O)cc1S(=O)(=O)NCC[C@H]1CCCN1.Cl. The normalized spacial score (nSPS) is 18.2. The molecule has 1 saturated heterocycles. The molecular weight excluding hydrogens is 376 g/mol. The number of ether oxygens (including phenoxy) is 1. The molecular formula is C14H23ClN2O5S2. The minimum atomic E-state index is -3.84. The van der Waals surface area contributed by atoms with Gasteiger partial charge in [0.05, 0.1) is 12.0 Å². The van der Waals surface area contributed by atoms with Crippen molar-refractivity contribution in [2.24, 2.45) is 0 Å². The smallest absolute Gasteiger partial charge is 0.244 e. The van der Waals surface area contributed by atoms with Gasteiger partial charge in [-0.3, -0.25) is 0 Å². The van der Waals surface area contributed by atoms with Gasteiger partial charge in [-0.05, 0) is 44.0 Å². The number of hydrogen-bond acceptors (Lipinski definition) is 6. The van der Waals surface area contributed by atoms with Crippen LogP contribution in [0.1, 0.15) is 19.3 Å². The van der Waals surface area contributed by atoms with E-state index >= 15 is 0 Å². The van der Waals surface area contributed by atoms with E-state index < -0.39 is 19.9 Å². The lowest BCUT2D eigenvalue weighted by atomic mass is 10.2. The molecule has 10 heteroatoms. The molecule has 0 radical (unpaired) electrons. The third-order valence-electron chi connectivity index (χ3n) is 3.80. The number of sulfone groups is 1. The van der Waals surface area contributed by atoms with E-state index in [9.17, 15) is 16.8 Å². The third-order valence-corrected chi connectivity index (χ3v) is 6.39. The third kappa shape index (κ3) is 5.32. The van der Waals surface area contributed by atoms with Gasteiger partial charge in [0.15, 0.2) is 9.84 Å². The van der Waals surface area contributed by atoms with Gasteiger partial charge in [-0.2, -0.15) is 0 Å². The van der Waals surface area contributed by atoms with Crippen molar-refractivity contribution in [2.45, 2.75) is 35.1 Å². The largest absolute Gasteiger partial charge is 0.495 e. The summed E-state index contributed by atoms with van der Waals surface area (Å²) in [6.45, 7) is 1.24. The monoisotopic (exact) mass is 398 g/mol. The molecule has 0 aliphatic carbocycles. The summed E-state index contributed by atoms with van der Waals surface area (Å²) in [5.41, 5.74) is 0. The second kappa shape index (κ2) is 8.48. The molecule has 1 aromatic rings. The summed E-state index contributed by atoms with van der Waals surface area (Å²) in [5.74, 6) is 0.115. The fourth-order valence-electron chi connectivity index (χ4n) is 2.55. The number of hydrogen-bond donors (Lipinski definition) is 2. The Bertz CT molecular complexity index is 759. The minimum absolute atomic E-state index is 0. The van der Waals surface area contributed by atoms with Crippen LogP contribution in [0, 0.1) is 0 Å². The second-order valence-electron chi connectivity index (χ2n) is 5.56. The van der Waals surface area contributed by atoms with Gasteiger partial charge in [-0.1, -0.05) is 0 Å². The number of halogens is 1. The molecule has 1 heterocycles. The lowest BCUT2D eigenvalue weighted by Crippen LogP contribution is -2.31. The van der Waals surface area contributed by atoms with Crippen molar-refractivity contribution in [2.75, 3.05) is 26.5 Å². The maximum absolute atomic E-state index is 12.5. The van der Waals surface area contributed by atoms with Gasteiger partial charge in [-0.25, -0.2) is 21.6 Å². The summed E-state index contributed by atoms with van der Waals surface area (Å²) in [7, 11) is -6.00. The fraction of sp³-hybridized carbons (Fsp3) is 0.571. The van der Waals surface area contributed by atoms with Crippen molar-refractivity contribution in [1.29, 1.82) is 0 Å². The van der Waals surface area contributed by atoms with Gasteiger partial charge in [0.25, 0.3) is 0 Å². The number of methoxy groups -OCH3 is 1. The summed E-state index contributed by atoms with van der Waals surface area (Å²) < 4.78 is 55.8. The van der Waals surface area contributed by atoms with Gasteiger partial charge in [0, 0.05) is 18.8 Å². The average Bonchev–Trinajstić information content (AvgIpc) is 2.98. The summed E-state index contributed by atoms with van der Waals surface area (Å²) in [5, 5.41) is 3.30. The number of rotatable bonds is 7. The summed E-state index contributed by atoms with van der Waals surface area (Å²) in [4.78, 5) is -0.224. The Morgan fingerprint density at radius 3 is 2.54 bits per heavy atom. The highest BCUT2D eigenvalue weighted by molar-refractivity contribution is 7.91. The standard InChI is InChI=1S/C14H22N2O5S2.ClH/c1-21-13-6-5-12(22(2,17)18)10-14(13)23(19,20)16-9-7-11-4-3-8-15-11;/h5-6,10-11,15-16H,3-4,7-9H2,1-2H3;1H/t11-;/m1./s1. The zero-order valence-corrected chi connectivity index (χ0v) is 16.1. The highest BCUT2D eigenvalue weighted by Crippen LogP contribution is 2.26. The Labute approximate surface area is 149 Å². The molecule has 0 unspecified atom stereocenters. The molecule has 7 nitrogen and oxygen atoms in total.